The van der Waals surface area contributed by atoms with E-state index < -0.39 is 0 Å². The number of nitrogens with one attached hydrogen (secondary N) is 1. The van der Waals surface area contributed by atoms with Gasteiger partial charge in [0.25, 0.3) is 0 Å². The maximum absolute atomic E-state index is 5.56. The van der Waals surface area contributed by atoms with Gasteiger partial charge in [-0.1, -0.05) is 13.8 Å². The molecule has 2 unspecified atom stereocenters. The van der Waals surface area contributed by atoms with E-state index in [1.54, 1.807) is 0 Å². The van der Waals surface area contributed by atoms with Gasteiger partial charge in [-0.3, -0.25) is 4.90 Å². The van der Waals surface area contributed by atoms with Gasteiger partial charge in [-0.2, -0.15) is 0 Å². The maximum Gasteiger partial charge on any atom is 0.129 e. The van der Waals surface area contributed by atoms with Crippen LogP contribution < -0.4 is 4.90 Å². The molecule has 2 atom stereocenters. The fraction of sp³-hybridized carbons (Fsp3) is 0.632. The molecule has 0 spiro atoms. The molecule has 2 aliphatic heterocycles. The first kappa shape index (κ1) is 15.9. The van der Waals surface area contributed by atoms with E-state index in [-0.39, 0.29) is 0 Å². The minimum atomic E-state index is 0.478. The molecule has 24 heavy (non-hydrogen) atoms. The normalized spacial score (nSPS) is 25.9. The van der Waals surface area contributed by atoms with E-state index in [1.165, 1.54) is 12.0 Å². The van der Waals surface area contributed by atoms with E-state index in [0.29, 0.717) is 18.0 Å². The summed E-state index contributed by atoms with van der Waals surface area (Å²) in [7, 11) is 0. The number of fused-ring (bicyclic) bond motifs is 1. The summed E-state index contributed by atoms with van der Waals surface area (Å²) in [5.41, 5.74) is 3.57. The van der Waals surface area contributed by atoms with Crippen LogP contribution in [0.3, 0.4) is 0 Å². The van der Waals surface area contributed by atoms with Crippen LogP contribution in [0.15, 0.2) is 18.3 Å². The molecule has 130 valence electrons. The molecule has 2 saturated heterocycles. The van der Waals surface area contributed by atoms with Gasteiger partial charge in [0.2, 0.25) is 0 Å². The average Bonchev–Trinajstić information content (AvgIpc) is 3.23. The van der Waals surface area contributed by atoms with Gasteiger partial charge in [0.15, 0.2) is 0 Å². The third-order valence-electron chi connectivity index (χ3n) is 5.53. The molecule has 2 aromatic rings. The van der Waals surface area contributed by atoms with E-state index in [1.807, 2.05) is 0 Å². The lowest BCUT2D eigenvalue weighted by Gasteiger charge is -2.42. The van der Waals surface area contributed by atoms with Gasteiger partial charge in [0, 0.05) is 44.5 Å². The van der Waals surface area contributed by atoms with Crippen molar-refractivity contribution in [1.82, 2.24) is 14.9 Å². The molecule has 5 nitrogen and oxygen atoms in total. The number of hydrogen-bond acceptors (Lipinski definition) is 4. The summed E-state index contributed by atoms with van der Waals surface area (Å²) in [6.07, 6.45) is 3.28. The third kappa shape index (κ3) is 2.80. The minimum absolute atomic E-state index is 0.478. The number of piperazine rings is 1. The molecule has 0 aliphatic carbocycles. The van der Waals surface area contributed by atoms with Crippen molar-refractivity contribution < 1.29 is 4.74 Å². The quantitative estimate of drug-likeness (QED) is 0.941. The smallest absolute Gasteiger partial charge is 0.129 e. The summed E-state index contributed by atoms with van der Waals surface area (Å²) in [6.45, 7) is 11.8. The molecule has 4 heterocycles. The maximum atomic E-state index is 5.56. The van der Waals surface area contributed by atoms with Crippen molar-refractivity contribution in [2.75, 3.05) is 37.7 Å². The molecule has 0 radical (unpaired) electrons. The molecule has 0 saturated carbocycles. The van der Waals surface area contributed by atoms with Crippen molar-refractivity contribution in [2.24, 2.45) is 0 Å². The lowest BCUT2D eigenvalue weighted by Crippen LogP contribution is -2.55. The summed E-state index contributed by atoms with van der Waals surface area (Å²) in [4.78, 5) is 13.4. The van der Waals surface area contributed by atoms with Crippen molar-refractivity contribution in [3.63, 3.8) is 0 Å². The number of nitrogens with zero attached hydrogens (tertiary/aromatic N) is 3. The van der Waals surface area contributed by atoms with Crippen molar-refractivity contribution in [1.29, 1.82) is 0 Å². The second-order valence-electron chi connectivity index (χ2n) is 7.52. The van der Waals surface area contributed by atoms with Crippen molar-refractivity contribution in [3.05, 3.63) is 23.9 Å². The molecule has 1 N–H and O–H groups in total. The highest BCUT2D eigenvalue weighted by molar-refractivity contribution is 5.81. The molecule has 0 aromatic carbocycles. The zero-order chi connectivity index (χ0) is 16.7. The first-order valence-electron chi connectivity index (χ1n) is 9.20. The molecule has 2 fully saturated rings. The number of hydrogen-bond donors (Lipinski definition) is 1. The van der Waals surface area contributed by atoms with Crippen molar-refractivity contribution in [2.45, 2.75) is 45.2 Å². The number of H-pyrrole nitrogens is 1. The summed E-state index contributed by atoms with van der Waals surface area (Å²) < 4.78 is 5.56. The van der Waals surface area contributed by atoms with Crippen LogP contribution in [-0.2, 0) is 4.74 Å². The van der Waals surface area contributed by atoms with Crippen LogP contribution in [0, 0.1) is 0 Å². The fourth-order valence-corrected chi connectivity index (χ4v) is 4.08. The van der Waals surface area contributed by atoms with Gasteiger partial charge in [0.05, 0.1) is 17.6 Å². The number of aromatic nitrogens is 2. The van der Waals surface area contributed by atoms with Crippen molar-refractivity contribution >= 4 is 16.9 Å². The number of pyridine rings is 1. The van der Waals surface area contributed by atoms with E-state index in [9.17, 15) is 0 Å². The van der Waals surface area contributed by atoms with E-state index in [2.05, 4.69) is 53.9 Å². The first-order valence-corrected chi connectivity index (χ1v) is 9.20. The predicted molar refractivity (Wildman–Crippen MR) is 97.8 cm³/mol. The average molecular weight is 328 g/mol. The number of ether oxygens (including phenoxy) is 1. The Morgan fingerprint density at radius 3 is 2.88 bits per heavy atom. The van der Waals surface area contributed by atoms with E-state index in [4.69, 9.17) is 9.72 Å². The molecule has 5 heteroatoms. The van der Waals surface area contributed by atoms with Gasteiger partial charge in [-0.15, -0.1) is 0 Å². The number of anilines is 1. The SMILES string of the molecule is CC(C)c1c[nH]c2ccc(N3CCN(C4CCOC4)CC3C)nc12. The van der Waals surface area contributed by atoms with Crippen LogP contribution in [0.4, 0.5) is 5.82 Å². The lowest BCUT2D eigenvalue weighted by molar-refractivity contribution is 0.128. The summed E-state index contributed by atoms with van der Waals surface area (Å²) >= 11 is 0. The van der Waals surface area contributed by atoms with Crippen LogP contribution in [-0.4, -0.2) is 59.8 Å². The molecule has 2 aromatic heterocycles. The van der Waals surface area contributed by atoms with Crippen LogP contribution in [0.1, 0.15) is 38.7 Å². The Kier molecular flexibility index (Phi) is 4.22. The van der Waals surface area contributed by atoms with Gasteiger partial charge in [0.1, 0.15) is 5.82 Å². The standard InChI is InChI=1S/C19H28N4O/c1-13(2)16-10-20-17-4-5-18(21-19(16)17)23-8-7-22(11-14(23)3)15-6-9-24-12-15/h4-5,10,13-15,20H,6-9,11-12H2,1-3H3. The molecular weight excluding hydrogens is 300 g/mol. The van der Waals surface area contributed by atoms with Crippen LogP contribution in [0.25, 0.3) is 11.0 Å². The topological polar surface area (TPSA) is 44.4 Å². The Bertz CT molecular complexity index is 704. The molecule has 0 bridgehead atoms. The van der Waals surface area contributed by atoms with Crippen molar-refractivity contribution in [3.8, 4) is 0 Å². The molecule has 2 aliphatic rings. The minimum Gasteiger partial charge on any atom is -0.380 e. The summed E-state index contributed by atoms with van der Waals surface area (Å²) in [5.74, 6) is 1.59. The lowest BCUT2D eigenvalue weighted by atomic mass is 10.1. The predicted octanol–water partition coefficient (Wildman–Crippen LogP) is 2.99. The van der Waals surface area contributed by atoms with Gasteiger partial charge in [-0.25, -0.2) is 4.98 Å². The first-order chi connectivity index (χ1) is 11.6. The summed E-state index contributed by atoms with van der Waals surface area (Å²) in [6, 6.07) is 5.43. The molecular formula is C19H28N4O. The highest BCUT2D eigenvalue weighted by Crippen LogP contribution is 2.28. The van der Waals surface area contributed by atoms with Crippen LogP contribution in [0.2, 0.25) is 0 Å². The Hall–Kier alpha value is -1.59. The Morgan fingerprint density at radius 1 is 1.29 bits per heavy atom. The van der Waals surface area contributed by atoms with Gasteiger partial charge in [-0.05, 0) is 37.0 Å². The Morgan fingerprint density at radius 2 is 2.17 bits per heavy atom. The second kappa shape index (κ2) is 6.37. The third-order valence-corrected chi connectivity index (χ3v) is 5.53. The molecule has 0 amide bonds. The zero-order valence-electron chi connectivity index (χ0n) is 15.0. The van der Waals surface area contributed by atoms with E-state index in [0.717, 1.165) is 49.7 Å². The monoisotopic (exact) mass is 328 g/mol. The number of rotatable bonds is 3. The Labute approximate surface area is 144 Å². The van der Waals surface area contributed by atoms with Crippen LogP contribution in [0.5, 0.6) is 0 Å². The van der Waals surface area contributed by atoms with Crippen LogP contribution >= 0.6 is 0 Å². The zero-order valence-corrected chi connectivity index (χ0v) is 15.0. The number of aromatic amines is 1. The van der Waals surface area contributed by atoms with Gasteiger partial charge < -0.3 is 14.6 Å². The largest absolute Gasteiger partial charge is 0.380 e. The second-order valence-corrected chi connectivity index (χ2v) is 7.52. The summed E-state index contributed by atoms with van der Waals surface area (Å²) in [5, 5.41) is 0. The van der Waals surface area contributed by atoms with E-state index >= 15 is 0 Å². The molecule has 4 rings (SSSR count). The highest BCUT2D eigenvalue weighted by Gasteiger charge is 2.31. The highest BCUT2D eigenvalue weighted by atomic mass is 16.5. The fourth-order valence-electron chi connectivity index (χ4n) is 4.08. The van der Waals surface area contributed by atoms with Gasteiger partial charge >= 0.3 is 0 Å². The Balaban J connectivity index is 1.55.